The molecule has 16 heavy (non-hydrogen) atoms. The molecule has 1 aliphatic carbocycles. The van der Waals surface area contributed by atoms with Gasteiger partial charge in [-0.2, -0.15) is 0 Å². The molecule has 3 heteroatoms. The van der Waals surface area contributed by atoms with Crippen LogP contribution in [-0.2, 0) is 0 Å². The van der Waals surface area contributed by atoms with Crippen molar-refractivity contribution in [3.8, 4) is 0 Å². The molecule has 92 valence electrons. The van der Waals surface area contributed by atoms with Crippen molar-refractivity contribution in [2.24, 2.45) is 0 Å². The van der Waals surface area contributed by atoms with Crippen LogP contribution in [0.1, 0.15) is 38.5 Å². The Hall–Kier alpha value is -0.0200. The fourth-order valence-electron chi connectivity index (χ4n) is 2.09. The molecule has 0 saturated heterocycles. The van der Waals surface area contributed by atoms with Crippen LogP contribution < -0.4 is 0 Å². The van der Waals surface area contributed by atoms with E-state index in [1.807, 2.05) is 20.2 Å². The molecule has 0 radical (unpaired) electrons. The molecular weight excluding hydrogens is 234 g/mol. The van der Waals surface area contributed by atoms with E-state index in [1.165, 1.54) is 32.1 Å². The van der Waals surface area contributed by atoms with Gasteiger partial charge in [0.15, 0.2) is 0 Å². The first-order valence-electron chi connectivity index (χ1n) is 6.12. The largest absolute Gasteiger partial charge is 0.371 e. The zero-order chi connectivity index (χ0) is 12.0. The van der Waals surface area contributed by atoms with E-state index in [0.29, 0.717) is 5.25 Å². The molecule has 0 aromatic heterocycles. The molecule has 0 amide bonds. The second-order valence-electron chi connectivity index (χ2n) is 4.64. The van der Waals surface area contributed by atoms with Crippen molar-refractivity contribution in [2.75, 3.05) is 14.1 Å². The fourth-order valence-corrected chi connectivity index (χ4v) is 3.99. The van der Waals surface area contributed by atoms with Crippen LogP contribution in [0.4, 0.5) is 0 Å². The Morgan fingerprint density at radius 2 is 2.06 bits per heavy atom. The highest BCUT2D eigenvalue weighted by Crippen LogP contribution is 2.33. The first-order valence-corrected chi connectivity index (χ1v) is 7.47. The molecule has 0 unspecified atom stereocenters. The van der Waals surface area contributed by atoms with Gasteiger partial charge in [0.1, 0.15) is 0 Å². The van der Waals surface area contributed by atoms with Crippen molar-refractivity contribution < 1.29 is 0 Å². The fraction of sp³-hybridized carbons (Fsp3) is 0.769. The van der Waals surface area contributed by atoms with Gasteiger partial charge in [-0.25, -0.2) is 0 Å². The molecule has 1 atom stereocenters. The summed E-state index contributed by atoms with van der Waals surface area (Å²) >= 11 is 7.56. The SMILES string of the molecule is C=CC[C@H](SC1CCCCC1)C(=S)N(C)C. The Kier molecular flexibility index (Phi) is 6.44. The van der Waals surface area contributed by atoms with Gasteiger partial charge >= 0.3 is 0 Å². The Morgan fingerprint density at radius 1 is 1.44 bits per heavy atom. The molecule has 0 heterocycles. The minimum absolute atomic E-state index is 0.450. The summed E-state index contributed by atoms with van der Waals surface area (Å²) in [5.74, 6) is 0. The molecule has 0 aromatic carbocycles. The third-order valence-electron chi connectivity index (χ3n) is 3.01. The number of allylic oxidation sites excluding steroid dienone is 1. The normalized spacial score (nSPS) is 19.1. The van der Waals surface area contributed by atoms with Gasteiger partial charge in [0.2, 0.25) is 0 Å². The van der Waals surface area contributed by atoms with E-state index in [9.17, 15) is 0 Å². The maximum Gasteiger partial charge on any atom is 0.0909 e. The van der Waals surface area contributed by atoms with E-state index in [0.717, 1.165) is 16.7 Å². The summed E-state index contributed by atoms with van der Waals surface area (Å²) < 4.78 is 0. The van der Waals surface area contributed by atoms with Crippen molar-refractivity contribution in [3.63, 3.8) is 0 Å². The number of rotatable bonds is 5. The van der Waals surface area contributed by atoms with Crippen LogP contribution in [0.25, 0.3) is 0 Å². The van der Waals surface area contributed by atoms with Gasteiger partial charge in [-0.3, -0.25) is 0 Å². The van der Waals surface area contributed by atoms with Gasteiger partial charge in [-0.05, 0) is 19.3 Å². The predicted octanol–water partition coefficient (Wildman–Crippen LogP) is 3.89. The molecule has 0 aromatic rings. The first-order chi connectivity index (χ1) is 7.65. The third kappa shape index (κ3) is 4.46. The first kappa shape index (κ1) is 14.0. The molecule has 0 aliphatic heterocycles. The highest BCUT2D eigenvalue weighted by atomic mass is 32.2. The number of hydrogen-bond donors (Lipinski definition) is 0. The zero-order valence-corrected chi connectivity index (χ0v) is 12.1. The Morgan fingerprint density at radius 3 is 2.56 bits per heavy atom. The summed E-state index contributed by atoms with van der Waals surface area (Å²) in [6.45, 7) is 3.84. The smallest absolute Gasteiger partial charge is 0.0909 e. The lowest BCUT2D eigenvalue weighted by Crippen LogP contribution is -2.31. The number of nitrogens with zero attached hydrogens (tertiary/aromatic N) is 1. The van der Waals surface area contributed by atoms with Crippen molar-refractivity contribution in [1.29, 1.82) is 0 Å². The lowest BCUT2D eigenvalue weighted by molar-refractivity contribution is 0.515. The molecule has 0 spiro atoms. The molecule has 1 nitrogen and oxygen atoms in total. The summed E-state index contributed by atoms with van der Waals surface area (Å²) in [7, 11) is 4.08. The molecule has 1 rings (SSSR count). The van der Waals surface area contributed by atoms with Crippen LogP contribution in [0.15, 0.2) is 12.7 Å². The number of thiocarbonyl (C=S) groups is 1. The Balaban J connectivity index is 2.48. The van der Waals surface area contributed by atoms with Crippen LogP contribution in [0.5, 0.6) is 0 Å². The second kappa shape index (κ2) is 7.33. The number of thioether (sulfide) groups is 1. The Labute approximate surface area is 110 Å². The van der Waals surface area contributed by atoms with Crippen molar-refractivity contribution in [3.05, 3.63) is 12.7 Å². The lowest BCUT2D eigenvalue weighted by atomic mass is 10.0. The van der Waals surface area contributed by atoms with E-state index in [2.05, 4.69) is 23.2 Å². The van der Waals surface area contributed by atoms with Crippen molar-refractivity contribution >= 4 is 29.0 Å². The summed E-state index contributed by atoms with van der Waals surface area (Å²) in [4.78, 5) is 3.13. The molecule has 0 N–H and O–H groups in total. The molecule has 0 bridgehead atoms. The molecule has 1 saturated carbocycles. The third-order valence-corrected chi connectivity index (χ3v) is 5.41. The predicted molar refractivity (Wildman–Crippen MR) is 79.4 cm³/mol. The molecular formula is C13H23NS2. The minimum Gasteiger partial charge on any atom is -0.371 e. The standard InChI is InChI=1S/C13H23NS2/c1-4-8-12(13(15)14(2)3)16-11-9-6-5-7-10-11/h4,11-12H,1,5-10H2,2-3H3/t12-/m0/s1. The van der Waals surface area contributed by atoms with Crippen LogP contribution in [0.2, 0.25) is 0 Å². The average Bonchev–Trinajstić information content (AvgIpc) is 2.29. The summed E-state index contributed by atoms with van der Waals surface area (Å²) in [5, 5.41) is 1.27. The van der Waals surface area contributed by atoms with Crippen LogP contribution in [-0.4, -0.2) is 34.5 Å². The molecule has 1 fully saturated rings. The van der Waals surface area contributed by atoms with Crippen LogP contribution in [0.3, 0.4) is 0 Å². The van der Waals surface area contributed by atoms with Gasteiger partial charge in [-0.15, -0.1) is 18.3 Å². The highest BCUT2D eigenvalue weighted by Gasteiger charge is 2.22. The second-order valence-corrected chi connectivity index (χ2v) is 6.57. The van der Waals surface area contributed by atoms with E-state index in [4.69, 9.17) is 12.2 Å². The van der Waals surface area contributed by atoms with Gasteiger partial charge in [0.25, 0.3) is 0 Å². The molecule has 1 aliphatic rings. The van der Waals surface area contributed by atoms with Gasteiger partial charge in [0.05, 0.1) is 10.2 Å². The quantitative estimate of drug-likeness (QED) is 0.543. The minimum atomic E-state index is 0.450. The summed E-state index contributed by atoms with van der Waals surface area (Å²) in [6.07, 6.45) is 9.94. The van der Waals surface area contributed by atoms with Gasteiger partial charge in [0, 0.05) is 19.3 Å². The zero-order valence-electron chi connectivity index (χ0n) is 10.4. The Bertz CT molecular complexity index is 232. The van der Waals surface area contributed by atoms with Crippen LogP contribution in [0, 0.1) is 0 Å². The highest BCUT2D eigenvalue weighted by molar-refractivity contribution is 8.02. The van der Waals surface area contributed by atoms with E-state index >= 15 is 0 Å². The number of hydrogen-bond acceptors (Lipinski definition) is 2. The summed E-state index contributed by atoms with van der Waals surface area (Å²) in [6, 6.07) is 0. The maximum absolute atomic E-state index is 5.49. The van der Waals surface area contributed by atoms with Crippen molar-refractivity contribution in [1.82, 2.24) is 4.90 Å². The van der Waals surface area contributed by atoms with Gasteiger partial charge < -0.3 is 4.90 Å². The average molecular weight is 257 g/mol. The van der Waals surface area contributed by atoms with E-state index in [-0.39, 0.29) is 0 Å². The van der Waals surface area contributed by atoms with Gasteiger partial charge in [-0.1, -0.05) is 37.6 Å². The summed E-state index contributed by atoms with van der Waals surface area (Å²) in [5.41, 5.74) is 0. The monoisotopic (exact) mass is 257 g/mol. The van der Waals surface area contributed by atoms with E-state index < -0.39 is 0 Å². The topological polar surface area (TPSA) is 3.24 Å². The van der Waals surface area contributed by atoms with Crippen molar-refractivity contribution in [2.45, 2.75) is 49.0 Å². The lowest BCUT2D eigenvalue weighted by Gasteiger charge is -2.28. The van der Waals surface area contributed by atoms with E-state index in [1.54, 1.807) is 0 Å². The maximum atomic E-state index is 5.49. The van der Waals surface area contributed by atoms with Crippen LogP contribution >= 0.6 is 24.0 Å².